The van der Waals surface area contributed by atoms with E-state index in [-0.39, 0.29) is 75.3 Å². The lowest BCUT2D eigenvalue weighted by molar-refractivity contribution is -0.297. The fourth-order valence-electron chi connectivity index (χ4n) is 18.8. The number of ether oxygens (including phenoxy) is 18. The highest BCUT2D eigenvalue weighted by Crippen LogP contribution is 2.43. The van der Waals surface area contributed by atoms with Crippen LogP contribution in [0.15, 0.2) is 0 Å². The van der Waals surface area contributed by atoms with Gasteiger partial charge in [0.25, 0.3) is 0 Å². The van der Waals surface area contributed by atoms with E-state index in [9.17, 15) is 76.6 Å². The molecule has 13 rings (SSSR count). The first-order valence-electron chi connectivity index (χ1n) is 44.7. The van der Waals surface area contributed by atoms with E-state index in [0.717, 1.165) is 12.8 Å². The molecule has 54 atom stereocenters. The summed E-state index contributed by atoms with van der Waals surface area (Å²) in [6.45, 7) is 6.72. The molecule has 45 N–H and O–H groups in total. The molecule has 126 heavy (non-hydrogen) atoms. The number of aliphatic hydroxyl groups excluding tert-OH is 15. The summed E-state index contributed by atoms with van der Waals surface area (Å²) in [6, 6.07) is -6.30. The maximum absolute atomic E-state index is 11.2. The van der Waals surface area contributed by atoms with Crippen molar-refractivity contribution >= 4 is 0 Å². The average molecular weight is 1830 g/mol. The Bertz CT molecular complexity index is 3230. The van der Waals surface area contributed by atoms with Gasteiger partial charge in [-0.1, -0.05) is 27.7 Å². The third kappa shape index (κ3) is 23.8. The Kier molecular flexibility index (Phi) is 38.4. The molecule has 4 aliphatic carbocycles. The molecule has 0 amide bonds. The highest BCUT2D eigenvalue weighted by molar-refractivity contribution is 5.06. The summed E-state index contributed by atoms with van der Waals surface area (Å²) < 4.78 is 108. The second-order valence-corrected chi connectivity index (χ2v) is 36.8. The summed E-state index contributed by atoms with van der Waals surface area (Å²) >= 11 is 0. The Hall–Kier alpha value is -1.92. The highest BCUT2D eigenvalue weighted by atomic mass is 16.8. The van der Waals surface area contributed by atoms with Gasteiger partial charge in [0.05, 0.1) is 92.9 Å². The molecule has 48 nitrogen and oxygen atoms in total. The lowest BCUT2D eigenvalue weighted by Crippen LogP contribution is -2.65. The van der Waals surface area contributed by atoms with E-state index < -0.39 is 313 Å². The largest absolute Gasteiger partial charge is 0.394 e. The standard InChI is InChI=1S/C27H51N5O11.C26H51N5O11.C25H49N5O11/c1-9-18(34)20(36)15(7-28)39-25(9)42-23-16(8-33)40-27(21(23)37)43-24-19(35)12(30)6-13(31)22(24)41-26-11(29)4-5-14(38-26)17(32)10-2-3-10;1-3-10(28)14-5-4-11(29)25(37-14)40-21-13(31)6-12(30)18(34)23(21)42-26-20(36)22(16(8-32)39-26)41-24-9(2)17(33)19(35)15(7-27)38-24;1-8-16(32)18(34)14(6-26)37-23(8)40-21-15(7-31)38-25(19(21)35)41-22-17(33)11(29)5-12(30)20(22)39-24-10(28)3-4-13(36-24)9(2)27/h9-27,33-37H,2-8,28-32H2,1H3;9-26,32-36H,3-8,27-31H2,1-2H3;8-25,31-35H,3-7,26-30H2,1-2H3. The molecule has 54 unspecified atom stereocenters. The zero-order valence-electron chi connectivity index (χ0n) is 72.2. The van der Waals surface area contributed by atoms with E-state index in [1.807, 2.05) is 13.8 Å². The minimum absolute atomic E-state index is 0.0766. The van der Waals surface area contributed by atoms with Gasteiger partial charge in [-0.25, -0.2) is 0 Å². The fourth-order valence-corrected chi connectivity index (χ4v) is 18.8. The molecule has 9 aliphatic heterocycles. The van der Waals surface area contributed by atoms with Gasteiger partial charge in [0, 0.05) is 91.8 Å². The molecule has 0 aromatic carbocycles. The van der Waals surface area contributed by atoms with Crippen molar-refractivity contribution in [1.82, 2.24) is 0 Å². The van der Waals surface area contributed by atoms with E-state index >= 15 is 0 Å². The molecular weight excluding hydrogens is 1670 g/mol. The lowest BCUT2D eigenvalue weighted by atomic mass is 9.84. The van der Waals surface area contributed by atoms with E-state index in [1.165, 1.54) is 0 Å². The van der Waals surface area contributed by atoms with Gasteiger partial charge in [0.15, 0.2) is 56.6 Å². The first-order valence-corrected chi connectivity index (χ1v) is 44.7. The van der Waals surface area contributed by atoms with Gasteiger partial charge in [-0.15, -0.1) is 0 Å². The predicted octanol–water partition coefficient (Wildman–Crippen LogP) is -14.6. The van der Waals surface area contributed by atoms with Crippen molar-refractivity contribution in [3.63, 3.8) is 0 Å². The molecule has 0 radical (unpaired) electrons. The van der Waals surface area contributed by atoms with Crippen molar-refractivity contribution in [2.75, 3.05) is 39.5 Å². The first kappa shape index (κ1) is 105. The van der Waals surface area contributed by atoms with Gasteiger partial charge in [-0.3, -0.25) is 0 Å². The Labute approximate surface area is 732 Å². The van der Waals surface area contributed by atoms with Crippen molar-refractivity contribution in [2.45, 2.75) is 424 Å². The number of aliphatic hydroxyl groups is 15. The number of hydrogen-bond acceptors (Lipinski definition) is 48. The minimum atomic E-state index is -1.47. The maximum atomic E-state index is 11.2. The van der Waals surface area contributed by atoms with E-state index in [4.69, 9.17) is 171 Å². The lowest BCUT2D eigenvalue weighted by Gasteiger charge is -2.46. The van der Waals surface area contributed by atoms with Crippen molar-refractivity contribution in [1.29, 1.82) is 0 Å². The summed E-state index contributed by atoms with van der Waals surface area (Å²) in [5.41, 5.74) is 92.4. The molecule has 13 fully saturated rings. The molecule has 48 heteroatoms. The molecule has 9 heterocycles. The summed E-state index contributed by atoms with van der Waals surface area (Å²) in [4.78, 5) is 0. The highest BCUT2D eigenvalue weighted by Gasteiger charge is 2.59. The van der Waals surface area contributed by atoms with Crippen molar-refractivity contribution in [3.05, 3.63) is 0 Å². The second kappa shape index (κ2) is 46.3. The van der Waals surface area contributed by atoms with Crippen LogP contribution in [0.25, 0.3) is 0 Å². The zero-order chi connectivity index (χ0) is 92.2. The van der Waals surface area contributed by atoms with Gasteiger partial charge in [-0.05, 0) is 89.9 Å². The maximum Gasteiger partial charge on any atom is 0.187 e. The normalized spacial score (nSPS) is 51.6. The van der Waals surface area contributed by atoms with Crippen LogP contribution in [-0.2, 0) is 85.3 Å². The molecule has 0 aromatic rings. The Morgan fingerprint density at radius 1 is 0.278 bits per heavy atom. The Morgan fingerprint density at radius 3 is 0.817 bits per heavy atom. The van der Waals surface area contributed by atoms with Crippen LogP contribution in [0.5, 0.6) is 0 Å². The smallest absolute Gasteiger partial charge is 0.187 e. The topological polar surface area (TPSA) is 860 Å². The van der Waals surface area contributed by atoms with Crippen LogP contribution >= 0.6 is 0 Å². The third-order valence-electron chi connectivity index (χ3n) is 27.4. The number of rotatable bonds is 29. The molecule has 4 saturated carbocycles. The summed E-state index contributed by atoms with van der Waals surface area (Å²) in [5, 5.41) is 159. The monoisotopic (exact) mass is 1830 g/mol. The quantitative estimate of drug-likeness (QED) is 0.0331. The third-order valence-corrected chi connectivity index (χ3v) is 27.4. The molecule has 13 aliphatic rings. The number of hydrogen-bond donors (Lipinski definition) is 30. The predicted molar refractivity (Wildman–Crippen MR) is 436 cm³/mol. The molecule has 0 spiro atoms. The number of nitrogens with two attached hydrogens (primary N) is 15. The van der Waals surface area contributed by atoms with E-state index in [0.29, 0.717) is 50.9 Å². The Morgan fingerprint density at radius 2 is 0.540 bits per heavy atom. The van der Waals surface area contributed by atoms with Crippen LogP contribution in [-0.4, -0.2) is 428 Å². The SMILES string of the molecule is CC(N)C1CCC(N)C(OC2C(N)CC(N)C(O)C2OC2OC(CO)C(OC3OC(CN)C(O)C(O)C3C)C2O)O1.CC1C(OC2C(CO)OC(OC3C(O)C(N)CC(N)C3OC3OC(C(N)C4CC4)CCC3N)C2O)OC(CN)C(O)C1O.CCC(N)C1CCC(N)C(OC2C(N)CC(N)C(O)C2OC2OC(CO)C(OC3OC(CN)C(O)C(O)C3C)C2O)O1. The van der Waals surface area contributed by atoms with Crippen molar-refractivity contribution in [2.24, 2.45) is 110 Å². The second-order valence-electron chi connectivity index (χ2n) is 36.8. The average Bonchev–Trinajstić information content (AvgIpc) is 1.49. The van der Waals surface area contributed by atoms with Crippen LogP contribution < -0.4 is 86.0 Å². The zero-order valence-corrected chi connectivity index (χ0v) is 72.2. The van der Waals surface area contributed by atoms with Crippen LogP contribution in [0.4, 0.5) is 0 Å². The van der Waals surface area contributed by atoms with Gasteiger partial charge < -0.3 is 248 Å². The van der Waals surface area contributed by atoms with Crippen LogP contribution in [0.2, 0.25) is 0 Å². The van der Waals surface area contributed by atoms with Crippen molar-refractivity contribution in [3.8, 4) is 0 Å². The molecular formula is C78H151N15O33. The molecule has 736 valence electrons. The van der Waals surface area contributed by atoms with E-state index in [2.05, 4.69) is 0 Å². The molecule has 9 saturated heterocycles. The molecule has 0 aromatic heterocycles. The van der Waals surface area contributed by atoms with Crippen LogP contribution in [0.1, 0.15) is 112 Å². The minimum Gasteiger partial charge on any atom is -0.394 e. The van der Waals surface area contributed by atoms with Gasteiger partial charge >= 0.3 is 0 Å². The fraction of sp³-hybridized carbons (Fsp3) is 1.00. The van der Waals surface area contributed by atoms with Gasteiger partial charge in [0.2, 0.25) is 0 Å². The Balaban J connectivity index is 0.000000184. The van der Waals surface area contributed by atoms with Crippen molar-refractivity contribution < 1.29 is 162 Å². The van der Waals surface area contributed by atoms with Crippen LogP contribution in [0, 0.1) is 23.7 Å². The summed E-state index contributed by atoms with van der Waals surface area (Å²) in [7, 11) is 0. The first-order chi connectivity index (χ1) is 59.7. The summed E-state index contributed by atoms with van der Waals surface area (Å²) in [6.07, 6.45) is -34.5. The van der Waals surface area contributed by atoms with Gasteiger partial charge in [-0.2, -0.15) is 0 Å². The van der Waals surface area contributed by atoms with Gasteiger partial charge in [0.1, 0.15) is 128 Å². The summed E-state index contributed by atoms with van der Waals surface area (Å²) in [5.74, 6) is -1.68. The van der Waals surface area contributed by atoms with Crippen LogP contribution in [0.3, 0.4) is 0 Å². The van der Waals surface area contributed by atoms with E-state index in [1.54, 1.807) is 20.8 Å². The molecule has 0 bridgehead atoms.